The molecule has 1 aromatic heterocycles. The molecule has 1 aromatic carbocycles. The van der Waals surface area contributed by atoms with Crippen molar-refractivity contribution in [1.82, 2.24) is 20.9 Å². The summed E-state index contributed by atoms with van der Waals surface area (Å²) in [6, 6.07) is 6.77. The van der Waals surface area contributed by atoms with Crippen molar-refractivity contribution in [3.8, 4) is 5.75 Å². The zero-order valence-corrected chi connectivity index (χ0v) is 18.8. The van der Waals surface area contributed by atoms with E-state index in [2.05, 4.69) is 25.9 Å². The summed E-state index contributed by atoms with van der Waals surface area (Å²) in [4.78, 5) is 19.6. The molecule has 2 rings (SSSR count). The standard InChI is InChI=1S/C17H20F3N5O2S.HI/c1-21-16(24-9-14-25-13(10-28-14)17(18,19)20)23-7-6-22-15(26)11-4-3-5-12(8-11)27-2;/h3-5,8,10H,6-7,9H2,1-2H3,(H,22,26)(H2,21,23,24);1H. The summed E-state index contributed by atoms with van der Waals surface area (Å²) >= 11 is 0.918. The fraction of sp³-hybridized carbons (Fsp3) is 0.353. The molecule has 3 N–H and O–H groups in total. The molecule has 0 bridgehead atoms. The van der Waals surface area contributed by atoms with Crippen LogP contribution >= 0.6 is 35.3 Å². The SMILES string of the molecule is CN=C(NCCNC(=O)c1cccc(OC)c1)NCc1nc(C(F)(F)F)cs1.I. The molecule has 0 spiro atoms. The van der Waals surface area contributed by atoms with Crippen molar-refractivity contribution in [2.24, 2.45) is 4.99 Å². The third kappa shape index (κ3) is 8.04. The molecule has 29 heavy (non-hydrogen) atoms. The monoisotopic (exact) mass is 543 g/mol. The van der Waals surface area contributed by atoms with Crippen molar-refractivity contribution >= 4 is 47.2 Å². The summed E-state index contributed by atoms with van der Waals surface area (Å²) in [5, 5.41) is 9.85. The van der Waals surface area contributed by atoms with Gasteiger partial charge in [-0.1, -0.05) is 6.07 Å². The van der Waals surface area contributed by atoms with Crippen LogP contribution < -0.4 is 20.7 Å². The Kier molecular flexibility index (Phi) is 10.2. The van der Waals surface area contributed by atoms with Gasteiger partial charge in [-0.15, -0.1) is 35.3 Å². The third-order valence-electron chi connectivity index (χ3n) is 3.51. The summed E-state index contributed by atoms with van der Waals surface area (Å²) in [7, 11) is 3.06. The number of nitrogens with zero attached hydrogens (tertiary/aromatic N) is 2. The minimum absolute atomic E-state index is 0. The number of guanidine groups is 1. The number of hydrogen-bond donors (Lipinski definition) is 3. The van der Waals surface area contributed by atoms with Gasteiger partial charge in [-0.2, -0.15) is 13.2 Å². The Morgan fingerprint density at radius 3 is 2.59 bits per heavy atom. The second kappa shape index (κ2) is 11.8. The number of carbonyl (C=O) groups is 1. The van der Waals surface area contributed by atoms with E-state index in [4.69, 9.17) is 4.74 Å². The third-order valence-corrected chi connectivity index (χ3v) is 4.36. The lowest BCUT2D eigenvalue weighted by molar-refractivity contribution is -0.140. The Balaban J connectivity index is 0.00000420. The van der Waals surface area contributed by atoms with Crippen LogP contribution in [0.25, 0.3) is 0 Å². The Labute approximate surface area is 187 Å². The van der Waals surface area contributed by atoms with Gasteiger partial charge in [0.25, 0.3) is 5.91 Å². The number of halogens is 4. The van der Waals surface area contributed by atoms with Crippen molar-refractivity contribution < 1.29 is 22.7 Å². The molecule has 0 aliphatic carbocycles. The lowest BCUT2D eigenvalue weighted by Crippen LogP contribution is -2.41. The molecule has 160 valence electrons. The van der Waals surface area contributed by atoms with Crippen molar-refractivity contribution in [3.05, 3.63) is 45.9 Å². The molecule has 7 nitrogen and oxygen atoms in total. The van der Waals surface area contributed by atoms with Crippen molar-refractivity contribution in [2.75, 3.05) is 27.2 Å². The van der Waals surface area contributed by atoms with Gasteiger partial charge >= 0.3 is 6.18 Å². The molecule has 0 unspecified atom stereocenters. The minimum atomic E-state index is -4.45. The molecule has 0 saturated heterocycles. The van der Waals surface area contributed by atoms with Crippen LogP contribution in [0.2, 0.25) is 0 Å². The Hall–Kier alpha value is -2.09. The van der Waals surface area contributed by atoms with Crippen LogP contribution in [0.1, 0.15) is 21.1 Å². The zero-order chi connectivity index (χ0) is 20.6. The molecular formula is C17H21F3IN5O2S. The van der Waals surface area contributed by atoms with E-state index >= 15 is 0 Å². The normalized spacial score (nSPS) is 11.4. The number of rotatable bonds is 7. The largest absolute Gasteiger partial charge is 0.497 e. The highest BCUT2D eigenvalue weighted by Crippen LogP contribution is 2.29. The fourth-order valence-electron chi connectivity index (χ4n) is 2.13. The first-order valence-corrected chi connectivity index (χ1v) is 9.10. The van der Waals surface area contributed by atoms with Gasteiger partial charge in [-0.05, 0) is 18.2 Å². The van der Waals surface area contributed by atoms with Crippen LogP contribution in [0.15, 0.2) is 34.6 Å². The van der Waals surface area contributed by atoms with Gasteiger partial charge in [0.1, 0.15) is 10.8 Å². The number of ether oxygens (including phenoxy) is 1. The first-order valence-electron chi connectivity index (χ1n) is 8.22. The topological polar surface area (TPSA) is 87.6 Å². The van der Waals surface area contributed by atoms with Gasteiger partial charge in [0.05, 0.1) is 13.7 Å². The molecule has 0 aliphatic rings. The van der Waals surface area contributed by atoms with Gasteiger partial charge in [0.15, 0.2) is 11.7 Å². The Morgan fingerprint density at radius 2 is 1.97 bits per heavy atom. The fourth-order valence-corrected chi connectivity index (χ4v) is 2.87. The molecular weight excluding hydrogens is 522 g/mol. The van der Waals surface area contributed by atoms with Crippen molar-refractivity contribution in [1.29, 1.82) is 0 Å². The van der Waals surface area contributed by atoms with Crippen LogP contribution in [-0.2, 0) is 12.7 Å². The first-order chi connectivity index (χ1) is 13.3. The van der Waals surface area contributed by atoms with Crippen molar-refractivity contribution in [3.63, 3.8) is 0 Å². The maximum atomic E-state index is 12.5. The van der Waals surface area contributed by atoms with Gasteiger partial charge in [0.2, 0.25) is 0 Å². The molecule has 1 heterocycles. The minimum Gasteiger partial charge on any atom is -0.497 e. The van der Waals surface area contributed by atoms with Gasteiger partial charge in [-0.25, -0.2) is 4.98 Å². The van der Waals surface area contributed by atoms with Crippen LogP contribution in [0.5, 0.6) is 5.75 Å². The summed E-state index contributed by atoms with van der Waals surface area (Å²) in [6.45, 7) is 0.809. The molecule has 0 saturated carbocycles. The van der Waals surface area contributed by atoms with E-state index in [0.29, 0.717) is 35.4 Å². The number of hydrogen-bond acceptors (Lipinski definition) is 5. The second-order valence-electron chi connectivity index (χ2n) is 5.46. The molecule has 0 aliphatic heterocycles. The predicted octanol–water partition coefficient (Wildman–Crippen LogP) is 2.88. The molecule has 12 heteroatoms. The lowest BCUT2D eigenvalue weighted by atomic mass is 10.2. The highest BCUT2D eigenvalue weighted by Gasteiger charge is 2.33. The number of nitrogens with one attached hydrogen (secondary N) is 3. The molecule has 0 radical (unpaired) electrons. The van der Waals surface area contributed by atoms with E-state index in [1.54, 1.807) is 24.3 Å². The zero-order valence-electron chi connectivity index (χ0n) is 15.7. The Bertz CT molecular complexity index is 829. The van der Waals surface area contributed by atoms with E-state index in [0.717, 1.165) is 16.7 Å². The quantitative estimate of drug-likeness (QED) is 0.217. The maximum absolute atomic E-state index is 12.5. The summed E-state index contributed by atoms with van der Waals surface area (Å²) in [5.74, 6) is 0.733. The van der Waals surface area contributed by atoms with E-state index < -0.39 is 11.9 Å². The smallest absolute Gasteiger partial charge is 0.434 e. The number of benzene rings is 1. The molecule has 2 aromatic rings. The molecule has 0 atom stereocenters. The number of aliphatic imine (C=N–C) groups is 1. The first kappa shape index (κ1) is 24.9. The van der Waals surface area contributed by atoms with Crippen LogP contribution in [-0.4, -0.2) is 44.1 Å². The van der Waals surface area contributed by atoms with E-state index in [-0.39, 0.29) is 36.4 Å². The van der Waals surface area contributed by atoms with Crippen LogP contribution in [0.3, 0.4) is 0 Å². The van der Waals surface area contributed by atoms with Gasteiger partial charge in [-0.3, -0.25) is 9.79 Å². The van der Waals surface area contributed by atoms with Gasteiger partial charge < -0.3 is 20.7 Å². The average molecular weight is 543 g/mol. The highest BCUT2D eigenvalue weighted by atomic mass is 127. The van der Waals surface area contributed by atoms with Gasteiger partial charge in [0, 0.05) is 31.1 Å². The summed E-state index contributed by atoms with van der Waals surface area (Å²) in [6.07, 6.45) is -4.45. The highest BCUT2D eigenvalue weighted by molar-refractivity contribution is 14.0. The number of thiazole rings is 1. The van der Waals surface area contributed by atoms with Crippen LogP contribution in [0, 0.1) is 0 Å². The maximum Gasteiger partial charge on any atom is 0.434 e. The number of carbonyl (C=O) groups excluding carboxylic acids is 1. The van der Waals surface area contributed by atoms with E-state index in [1.807, 2.05) is 0 Å². The van der Waals surface area contributed by atoms with E-state index in [9.17, 15) is 18.0 Å². The molecule has 1 amide bonds. The summed E-state index contributed by atoms with van der Waals surface area (Å²) in [5.41, 5.74) is -0.427. The number of methoxy groups -OCH3 is 1. The van der Waals surface area contributed by atoms with E-state index in [1.165, 1.54) is 14.2 Å². The average Bonchev–Trinajstić information content (AvgIpc) is 3.17. The second-order valence-corrected chi connectivity index (χ2v) is 6.41. The summed E-state index contributed by atoms with van der Waals surface area (Å²) < 4.78 is 42.7. The number of amides is 1. The van der Waals surface area contributed by atoms with Crippen LogP contribution in [0.4, 0.5) is 13.2 Å². The molecule has 0 fully saturated rings. The number of alkyl halides is 3. The predicted molar refractivity (Wildman–Crippen MR) is 116 cm³/mol. The Morgan fingerprint density at radius 1 is 1.24 bits per heavy atom. The lowest BCUT2D eigenvalue weighted by Gasteiger charge is -2.11. The van der Waals surface area contributed by atoms with Crippen molar-refractivity contribution in [2.45, 2.75) is 12.7 Å². The number of aromatic nitrogens is 1.